The summed E-state index contributed by atoms with van der Waals surface area (Å²) in [6.45, 7) is 4.08. The molecule has 1 atom stereocenters. The maximum atomic E-state index is 11.8. The first kappa shape index (κ1) is 15.9. The van der Waals surface area contributed by atoms with E-state index in [2.05, 4.69) is 22.2 Å². The van der Waals surface area contributed by atoms with Gasteiger partial charge in [0.1, 0.15) is 5.82 Å². The smallest absolute Gasteiger partial charge is 0.254 e. The van der Waals surface area contributed by atoms with Crippen LogP contribution in [0.4, 0.5) is 5.82 Å². The molecule has 0 aromatic carbocycles. The van der Waals surface area contributed by atoms with E-state index in [-0.39, 0.29) is 11.9 Å². The number of pyridine rings is 2. The lowest BCUT2D eigenvalue weighted by Crippen LogP contribution is -2.22. The highest BCUT2D eigenvalue weighted by molar-refractivity contribution is 5.93. The highest BCUT2D eigenvalue weighted by Crippen LogP contribution is 2.10. The third kappa shape index (κ3) is 4.28. The van der Waals surface area contributed by atoms with Crippen molar-refractivity contribution in [3.8, 4) is 0 Å². The van der Waals surface area contributed by atoms with Gasteiger partial charge in [-0.2, -0.15) is 0 Å². The molecule has 0 spiro atoms. The minimum Gasteiger partial charge on any atom is -0.367 e. The Labute approximate surface area is 131 Å². The summed E-state index contributed by atoms with van der Waals surface area (Å²) in [5.74, 6) is 0.714. The molecule has 0 aliphatic rings. The third-order valence-corrected chi connectivity index (χ3v) is 3.27. The summed E-state index contributed by atoms with van der Waals surface area (Å²) in [6.07, 6.45) is 2.42. The van der Waals surface area contributed by atoms with Crippen LogP contribution < -0.4 is 5.32 Å². The molecule has 116 valence electrons. The monoisotopic (exact) mass is 298 g/mol. The molecule has 2 heterocycles. The highest BCUT2D eigenvalue weighted by Gasteiger charge is 2.09. The molecule has 0 aliphatic carbocycles. The lowest BCUT2D eigenvalue weighted by molar-refractivity contribution is 0.0827. The van der Waals surface area contributed by atoms with E-state index in [0.717, 1.165) is 23.6 Å². The Morgan fingerprint density at radius 1 is 1.27 bits per heavy atom. The molecule has 22 heavy (non-hydrogen) atoms. The molecule has 0 fully saturated rings. The van der Waals surface area contributed by atoms with Gasteiger partial charge in [0.25, 0.3) is 5.91 Å². The van der Waals surface area contributed by atoms with Crippen LogP contribution in [0.2, 0.25) is 0 Å². The molecule has 0 saturated carbocycles. The highest BCUT2D eigenvalue weighted by atomic mass is 16.2. The van der Waals surface area contributed by atoms with E-state index in [9.17, 15) is 4.79 Å². The predicted octanol–water partition coefficient (Wildman–Crippen LogP) is 2.53. The van der Waals surface area contributed by atoms with Crippen molar-refractivity contribution in [3.63, 3.8) is 0 Å². The van der Waals surface area contributed by atoms with Crippen molar-refractivity contribution in [2.75, 3.05) is 19.4 Å². The zero-order valence-corrected chi connectivity index (χ0v) is 13.5. The molecule has 1 N–H and O–H groups in total. The van der Waals surface area contributed by atoms with Crippen LogP contribution in [0, 0.1) is 6.92 Å². The molecule has 5 nitrogen and oxygen atoms in total. The fourth-order valence-electron chi connectivity index (χ4n) is 2.19. The van der Waals surface area contributed by atoms with E-state index < -0.39 is 0 Å². The van der Waals surface area contributed by atoms with Gasteiger partial charge in [-0.05, 0) is 38.1 Å². The second kappa shape index (κ2) is 7.02. The van der Waals surface area contributed by atoms with Gasteiger partial charge in [-0.1, -0.05) is 6.07 Å². The molecule has 0 saturated heterocycles. The van der Waals surface area contributed by atoms with Crippen molar-refractivity contribution in [1.29, 1.82) is 0 Å². The predicted molar refractivity (Wildman–Crippen MR) is 88.0 cm³/mol. The SMILES string of the molecule is Cc1cccc(CC(C)Nc2ccc(C(=O)N(C)C)cn2)n1. The first-order valence-corrected chi connectivity index (χ1v) is 7.32. The number of carbonyl (C=O) groups excluding carboxylic acids is 1. The molecule has 1 amide bonds. The molecule has 0 bridgehead atoms. The van der Waals surface area contributed by atoms with Crippen LogP contribution in [0.5, 0.6) is 0 Å². The average Bonchev–Trinajstić information content (AvgIpc) is 2.47. The molecule has 5 heteroatoms. The minimum absolute atomic E-state index is 0.0453. The number of aryl methyl sites for hydroxylation is 1. The van der Waals surface area contributed by atoms with Crippen molar-refractivity contribution in [3.05, 3.63) is 53.5 Å². The van der Waals surface area contributed by atoms with Gasteiger partial charge in [0.05, 0.1) is 5.56 Å². The van der Waals surface area contributed by atoms with Crippen LogP contribution in [0.3, 0.4) is 0 Å². The summed E-state index contributed by atoms with van der Waals surface area (Å²) in [4.78, 5) is 22.1. The minimum atomic E-state index is -0.0453. The summed E-state index contributed by atoms with van der Waals surface area (Å²) in [6, 6.07) is 9.86. The normalized spacial score (nSPS) is 11.8. The number of nitrogens with one attached hydrogen (secondary N) is 1. The number of anilines is 1. The maximum Gasteiger partial charge on any atom is 0.254 e. The van der Waals surface area contributed by atoms with Crippen LogP contribution in [0.15, 0.2) is 36.5 Å². The van der Waals surface area contributed by atoms with E-state index in [0.29, 0.717) is 5.56 Å². The van der Waals surface area contributed by atoms with Gasteiger partial charge < -0.3 is 10.2 Å². The fraction of sp³-hybridized carbons (Fsp3) is 0.353. The number of hydrogen-bond donors (Lipinski definition) is 1. The molecule has 2 aromatic heterocycles. The van der Waals surface area contributed by atoms with Crippen molar-refractivity contribution in [2.45, 2.75) is 26.3 Å². The summed E-state index contributed by atoms with van der Waals surface area (Å²) >= 11 is 0. The van der Waals surface area contributed by atoms with E-state index in [4.69, 9.17) is 0 Å². The number of hydrogen-bond acceptors (Lipinski definition) is 4. The summed E-state index contributed by atoms with van der Waals surface area (Å²) in [5.41, 5.74) is 2.66. The standard InChI is InChI=1S/C17H22N4O/c1-12-6-5-7-15(19-12)10-13(2)20-16-9-8-14(11-18-16)17(22)21(3)4/h5-9,11,13H,10H2,1-4H3,(H,18,20). The Bertz CT molecular complexity index is 637. The lowest BCUT2D eigenvalue weighted by atomic mass is 10.1. The second-order valence-electron chi connectivity index (χ2n) is 5.65. The quantitative estimate of drug-likeness (QED) is 0.921. The van der Waals surface area contributed by atoms with Crippen molar-refractivity contribution >= 4 is 11.7 Å². The van der Waals surface area contributed by atoms with Gasteiger partial charge in [-0.25, -0.2) is 4.98 Å². The Hall–Kier alpha value is -2.43. The van der Waals surface area contributed by atoms with Gasteiger partial charge >= 0.3 is 0 Å². The van der Waals surface area contributed by atoms with Crippen LogP contribution in [0.1, 0.15) is 28.7 Å². The molecule has 1 unspecified atom stereocenters. The average molecular weight is 298 g/mol. The second-order valence-corrected chi connectivity index (χ2v) is 5.65. The molecular formula is C17H22N4O. The maximum absolute atomic E-state index is 11.8. The Morgan fingerprint density at radius 3 is 2.64 bits per heavy atom. The van der Waals surface area contributed by atoms with Crippen LogP contribution >= 0.6 is 0 Å². The molecule has 0 radical (unpaired) electrons. The topological polar surface area (TPSA) is 58.1 Å². The molecule has 0 aliphatic heterocycles. The van der Waals surface area contributed by atoms with Crippen molar-refractivity contribution < 1.29 is 4.79 Å². The van der Waals surface area contributed by atoms with Crippen molar-refractivity contribution in [1.82, 2.24) is 14.9 Å². The Kier molecular flexibility index (Phi) is 5.09. The molecule has 2 aromatic rings. The Morgan fingerprint density at radius 2 is 2.05 bits per heavy atom. The number of nitrogens with zero attached hydrogens (tertiary/aromatic N) is 3. The number of aromatic nitrogens is 2. The van der Waals surface area contributed by atoms with Gasteiger partial charge in [0.2, 0.25) is 0 Å². The first-order chi connectivity index (χ1) is 10.5. The Balaban J connectivity index is 1.97. The van der Waals surface area contributed by atoms with Gasteiger partial charge in [-0.3, -0.25) is 9.78 Å². The van der Waals surface area contributed by atoms with Crippen LogP contribution in [0.25, 0.3) is 0 Å². The van der Waals surface area contributed by atoms with Gasteiger partial charge in [0, 0.05) is 44.1 Å². The zero-order valence-electron chi connectivity index (χ0n) is 13.5. The third-order valence-electron chi connectivity index (χ3n) is 3.27. The number of carbonyl (C=O) groups is 1. The van der Waals surface area contributed by atoms with E-state index in [1.807, 2.05) is 31.2 Å². The summed E-state index contributed by atoms with van der Waals surface area (Å²) in [7, 11) is 3.46. The summed E-state index contributed by atoms with van der Waals surface area (Å²) in [5, 5.41) is 3.33. The van der Waals surface area contributed by atoms with E-state index >= 15 is 0 Å². The van der Waals surface area contributed by atoms with Crippen LogP contribution in [-0.4, -0.2) is 40.9 Å². The number of rotatable bonds is 5. The fourth-order valence-corrected chi connectivity index (χ4v) is 2.19. The van der Waals surface area contributed by atoms with E-state index in [1.54, 1.807) is 26.4 Å². The largest absolute Gasteiger partial charge is 0.367 e. The number of amides is 1. The molecule has 2 rings (SSSR count). The first-order valence-electron chi connectivity index (χ1n) is 7.32. The van der Waals surface area contributed by atoms with Crippen LogP contribution in [-0.2, 0) is 6.42 Å². The molecular weight excluding hydrogens is 276 g/mol. The van der Waals surface area contributed by atoms with Crippen molar-refractivity contribution in [2.24, 2.45) is 0 Å². The lowest BCUT2D eigenvalue weighted by Gasteiger charge is -2.15. The van der Waals surface area contributed by atoms with Gasteiger partial charge in [-0.15, -0.1) is 0 Å². The zero-order chi connectivity index (χ0) is 16.1. The van der Waals surface area contributed by atoms with Gasteiger partial charge in [0.15, 0.2) is 0 Å². The van der Waals surface area contributed by atoms with E-state index in [1.165, 1.54) is 4.90 Å². The summed E-state index contributed by atoms with van der Waals surface area (Å²) < 4.78 is 0.